The summed E-state index contributed by atoms with van der Waals surface area (Å²) in [5.41, 5.74) is 1.70. The molecule has 150 valence electrons. The summed E-state index contributed by atoms with van der Waals surface area (Å²) < 4.78 is 22.5. The van der Waals surface area contributed by atoms with Crippen LogP contribution in [-0.2, 0) is 14.8 Å². The van der Waals surface area contributed by atoms with Gasteiger partial charge in [0, 0.05) is 55.5 Å². The molecule has 28 heavy (non-hydrogen) atoms. The second-order valence-corrected chi connectivity index (χ2v) is 8.67. The van der Waals surface area contributed by atoms with Gasteiger partial charge in [-0.15, -0.1) is 0 Å². The van der Waals surface area contributed by atoms with Crippen LogP contribution >= 0.6 is 11.6 Å². The fourth-order valence-electron chi connectivity index (χ4n) is 3.09. The standard InChI is InChI=1S/C19H23ClN4O3S/c20-15-1-5-17(6-2-15)24-13-11-23(12-14-24)10-9-19(25)22-16-3-7-18(8-4-16)28(21,26)27/h1-8H,9-14H2,(H,22,25)(H2,21,26,27). The molecule has 0 unspecified atom stereocenters. The SMILES string of the molecule is NS(=O)(=O)c1ccc(NC(=O)CCN2CCN(c3ccc(Cl)cc3)CC2)cc1. The Morgan fingerprint density at radius 1 is 1.00 bits per heavy atom. The lowest BCUT2D eigenvalue weighted by atomic mass is 10.2. The monoisotopic (exact) mass is 422 g/mol. The molecule has 0 aromatic heterocycles. The minimum absolute atomic E-state index is 0.0176. The van der Waals surface area contributed by atoms with Crippen molar-refractivity contribution in [3.8, 4) is 0 Å². The Morgan fingerprint density at radius 3 is 2.18 bits per heavy atom. The molecule has 3 rings (SSSR count). The Labute approximate surface area is 170 Å². The summed E-state index contributed by atoms with van der Waals surface area (Å²) in [6.45, 7) is 4.25. The number of halogens is 1. The zero-order valence-corrected chi connectivity index (χ0v) is 16.9. The molecule has 2 aromatic rings. The molecule has 9 heteroatoms. The second-order valence-electron chi connectivity index (χ2n) is 6.67. The lowest BCUT2D eigenvalue weighted by Crippen LogP contribution is -2.47. The van der Waals surface area contributed by atoms with Gasteiger partial charge in [0.25, 0.3) is 0 Å². The molecule has 0 bridgehead atoms. The minimum atomic E-state index is -3.73. The fraction of sp³-hybridized carbons (Fsp3) is 0.316. The Morgan fingerprint density at radius 2 is 1.61 bits per heavy atom. The Hall–Kier alpha value is -2.13. The van der Waals surface area contributed by atoms with E-state index in [0.717, 1.165) is 36.9 Å². The highest BCUT2D eigenvalue weighted by Crippen LogP contribution is 2.19. The number of carbonyl (C=O) groups is 1. The Kier molecular flexibility index (Phi) is 6.56. The summed E-state index contributed by atoms with van der Waals surface area (Å²) >= 11 is 5.93. The molecule has 3 N–H and O–H groups in total. The molecule has 0 radical (unpaired) electrons. The molecule has 1 fully saturated rings. The summed E-state index contributed by atoms with van der Waals surface area (Å²) in [6.07, 6.45) is 0.373. The molecule has 0 aliphatic carbocycles. The second kappa shape index (κ2) is 8.91. The van der Waals surface area contributed by atoms with Gasteiger partial charge in [0.1, 0.15) is 0 Å². The van der Waals surface area contributed by atoms with Crippen LogP contribution in [0.5, 0.6) is 0 Å². The van der Waals surface area contributed by atoms with Crippen molar-refractivity contribution in [2.45, 2.75) is 11.3 Å². The van der Waals surface area contributed by atoms with Crippen molar-refractivity contribution in [1.29, 1.82) is 0 Å². The number of primary sulfonamides is 1. The number of sulfonamides is 1. The highest BCUT2D eigenvalue weighted by molar-refractivity contribution is 7.89. The number of rotatable bonds is 6. The molecule has 0 atom stereocenters. The summed E-state index contributed by atoms with van der Waals surface area (Å²) in [6, 6.07) is 13.6. The van der Waals surface area contributed by atoms with Crippen LogP contribution in [0, 0.1) is 0 Å². The quantitative estimate of drug-likeness (QED) is 0.743. The van der Waals surface area contributed by atoms with Crippen LogP contribution < -0.4 is 15.4 Å². The first-order valence-electron chi connectivity index (χ1n) is 8.97. The van der Waals surface area contributed by atoms with Gasteiger partial charge in [0.05, 0.1) is 4.90 Å². The van der Waals surface area contributed by atoms with Gasteiger partial charge in [0.2, 0.25) is 15.9 Å². The maximum atomic E-state index is 12.2. The van der Waals surface area contributed by atoms with Crippen molar-refractivity contribution >= 4 is 38.9 Å². The van der Waals surface area contributed by atoms with Crippen LogP contribution in [-0.4, -0.2) is 51.9 Å². The van der Waals surface area contributed by atoms with Crippen LogP contribution in [0.2, 0.25) is 5.02 Å². The number of hydrogen-bond acceptors (Lipinski definition) is 5. The van der Waals surface area contributed by atoms with E-state index >= 15 is 0 Å². The molecule has 1 heterocycles. The molecule has 0 spiro atoms. The van der Waals surface area contributed by atoms with Crippen LogP contribution in [0.15, 0.2) is 53.4 Å². The largest absolute Gasteiger partial charge is 0.369 e. The number of amides is 1. The van der Waals surface area contributed by atoms with Crippen molar-refractivity contribution in [3.05, 3.63) is 53.6 Å². The van der Waals surface area contributed by atoms with Gasteiger partial charge < -0.3 is 10.2 Å². The van der Waals surface area contributed by atoms with Crippen LogP contribution in [0.1, 0.15) is 6.42 Å². The predicted molar refractivity (Wildman–Crippen MR) is 111 cm³/mol. The van der Waals surface area contributed by atoms with E-state index in [0.29, 0.717) is 18.7 Å². The molecule has 7 nitrogen and oxygen atoms in total. The molecule has 1 aliphatic heterocycles. The number of anilines is 2. The number of hydrogen-bond donors (Lipinski definition) is 2. The lowest BCUT2D eigenvalue weighted by molar-refractivity contribution is -0.116. The third-order valence-corrected chi connectivity index (χ3v) is 5.87. The van der Waals surface area contributed by atoms with Gasteiger partial charge in [-0.25, -0.2) is 13.6 Å². The van der Waals surface area contributed by atoms with E-state index in [4.69, 9.17) is 16.7 Å². The van der Waals surface area contributed by atoms with Crippen molar-refractivity contribution in [2.75, 3.05) is 42.9 Å². The van der Waals surface area contributed by atoms with E-state index < -0.39 is 10.0 Å². The summed E-state index contributed by atoms with van der Waals surface area (Å²) in [4.78, 5) is 16.7. The Bertz CT molecular complexity index is 909. The average Bonchev–Trinajstić information content (AvgIpc) is 2.67. The van der Waals surface area contributed by atoms with E-state index in [2.05, 4.69) is 15.1 Å². The van der Waals surface area contributed by atoms with Crippen molar-refractivity contribution in [2.24, 2.45) is 5.14 Å². The van der Waals surface area contributed by atoms with Gasteiger partial charge in [-0.3, -0.25) is 9.69 Å². The highest BCUT2D eigenvalue weighted by atomic mass is 35.5. The van der Waals surface area contributed by atoms with E-state index in [1.165, 1.54) is 24.3 Å². The smallest absolute Gasteiger partial charge is 0.238 e. The number of piperazine rings is 1. The first-order chi connectivity index (χ1) is 13.3. The van der Waals surface area contributed by atoms with Crippen LogP contribution in [0.25, 0.3) is 0 Å². The number of nitrogens with two attached hydrogens (primary N) is 1. The third-order valence-electron chi connectivity index (χ3n) is 4.69. The van der Waals surface area contributed by atoms with Gasteiger partial charge >= 0.3 is 0 Å². The molecular formula is C19H23ClN4O3S. The molecular weight excluding hydrogens is 400 g/mol. The lowest BCUT2D eigenvalue weighted by Gasteiger charge is -2.36. The predicted octanol–water partition coefficient (Wildman–Crippen LogP) is 2.14. The summed E-state index contributed by atoms with van der Waals surface area (Å²) in [7, 11) is -3.73. The maximum Gasteiger partial charge on any atom is 0.238 e. The third kappa shape index (κ3) is 5.68. The number of nitrogens with zero attached hydrogens (tertiary/aromatic N) is 2. The maximum absolute atomic E-state index is 12.2. The van der Waals surface area contributed by atoms with E-state index in [-0.39, 0.29) is 10.8 Å². The van der Waals surface area contributed by atoms with Crippen molar-refractivity contribution in [3.63, 3.8) is 0 Å². The zero-order chi connectivity index (χ0) is 20.1. The first-order valence-corrected chi connectivity index (χ1v) is 10.9. The molecule has 1 saturated heterocycles. The number of nitrogens with one attached hydrogen (secondary N) is 1. The topological polar surface area (TPSA) is 95.7 Å². The molecule has 2 aromatic carbocycles. The van der Waals surface area contributed by atoms with E-state index in [1.807, 2.05) is 24.3 Å². The molecule has 1 aliphatic rings. The van der Waals surface area contributed by atoms with E-state index in [1.54, 1.807) is 0 Å². The highest BCUT2D eigenvalue weighted by Gasteiger charge is 2.18. The summed E-state index contributed by atoms with van der Waals surface area (Å²) in [5, 5.41) is 8.57. The van der Waals surface area contributed by atoms with Crippen LogP contribution in [0.4, 0.5) is 11.4 Å². The zero-order valence-electron chi connectivity index (χ0n) is 15.3. The van der Waals surface area contributed by atoms with Gasteiger partial charge in [-0.05, 0) is 48.5 Å². The normalized spacial score (nSPS) is 15.4. The van der Waals surface area contributed by atoms with Crippen molar-refractivity contribution < 1.29 is 13.2 Å². The van der Waals surface area contributed by atoms with Crippen molar-refractivity contribution in [1.82, 2.24) is 4.90 Å². The number of carbonyl (C=O) groups excluding carboxylic acids is 1. The van der Waals surface area contributed by atoms with Crippen LogP contribution in [0.3, 0.4) is 0 Å². The van der Waals surface area contributed by atoms with Gasteiger partial charge in [-0.1, -0.05) is 11.6 Å². The minimum Gasteiger partial charge on any atom is -0.369 e. The average molecular weight is 423 g/mol. The van der Waals surface area contributed by atoms with E-state index in [9.17, 15) is 13.2 Å². The molecule has 0 saturated carbocycles. The number of benzene rings is 2. The van der Waals surface area contributed by atoms with Gasteiger partial charge in [0.15, 0.2) is 0 Å². The first kappa shape index (κ1) is 20.6. The van der Waals surface area contributed by atoms with Gasteiger partial charge in [-0.2, -0.15) is 0 Å². The fourth-order valence-corrected chi connectivity index (χ4v) is 3.73. The molecule has 1 amide bonds. The Balaban J connectivity index is 1.42. The summed E-state index contributed by atoms with van der Waals surface area (Å²) in [5.74, 6) is -0.108.